The lowest BCUT2D eigenvalue weighted by atomic mass is 10.1. The van der Waals surface area contributed by atoms with Crippen molar-refractivity contribution >= 4 is 23.4 Å². The van der Waals surface area contributed by atoms with Gasteiger partial charge in [-0.2, -0.15) is 0 Å². The van der Waals surface area contributed by atoms with Gasteiger partial charge in [-0.15, -0.1) is 0 Å². The van der Waals surface area contributed by atoms with Crippen LogP contribution in [0.4, 0.5) is 22.2 Å². The van der Waals surface area contributed by atoms with Gasteiger partial charge in [-0.05, 0) is 37.6 Å². The maximum Gasteiger partial charge on any atom is 0.321 e. The van der Waals surface area contributed by atoms with E-state index in [9.17, 15) is 4.79 Å². The van der Waals surface area contributed by atoms with Gasteiger partial charge in [-0.3, -0.25) is 9.80 Å². The highest BCUT2D eigenvalue weighted by atomic mass is 16.5. The molecule has 1 aromatic heterocycles. The molecule has 0 bridgehead atoms. The summed E-state index contributed by atoms with van der Waals surface area (Å²) in [6, 6.07) is 16.1. The number of hydrogen-bond acceptors (Lipinski definition) is 5. The number of nitrogens with one attached hydrogen (secondary N) is 1. The van der Waals surface area contributed by atoms with Crippen LogP contribution in [-0.2, 0) is 4.74 Å². The molecule has 1 fully saturated rings. The SMILES string of the molecule is CCOCN(c1ncc(-c2cccc(N3CCNC3=O)c2)o1)c1ccccc1C. The van der Waals surface area contributed by atoms with Gasteiger partial charge in [0.1, 0.15) is 6.73 Å². The molecule has 4 rings (SSSR count). The number of urea groups is 1. The highest BCUT2D eigenvalue weighted by Gasteiger charge is 2.22. The maximum atomic E-state index is 12.0. The summed E-state index contributed by atoms with van der Waals surface area (Å²) in [4.78, 5) is 20.1. The zero-order valence-corrected chi connectivity index (χ0v) is 16.6. The van der Waals surface area contributed by atoms with Gasteiger partial charge in [0.25, 0.3) is 0 Å². The lowest BCUT2D eigenvalue weighted by molar-refractivity contribution is 0.151. The molecule has 0 radical (unpaired) electrons. The summed E-state index contributed by atoms with van der Waals surface area (Å²) >= 11 is 0. The fraction of sp³-hybridized carbons (Fsp3) is 0.273. The Labute approximate surface area is 169 Å². The Kier molecular flexibility index (Phi) is 5.48. The average Bonchev–Trinajstić information content (AvgIpc) is 3.39. The monoisotopic (exact) mass is 392 g/mol. The fourth-order valence-corrected chi connectivity index (χ4v) is 3.34. The Balaban J connectivity index is 1.64. The van der Waals surface area contributed by atoms with Crippen molar-refractivity contribution in [2.45, 2.75) is 13.8 Å². The largest absolute Gasteiger partial charge is 0.423 e. The number of para-hydroxylation sites is 1. The van der Waals surface area contributed by atoms with Crippen molar-refractivity contribution in [2.75, 3.05) is 36.2 Å². The first-order valence-corrected chi connectivity index (χ1v) is 9.70. The molecular formula is C22H24N4O3. The van der Waals surface area contributed by atoms with Gasteiger partial charge in [0.05, 0.1) is 11.9 Å². The van der Waals surface area contributed by atoms with Crippen LogP contribution in [0.1, 0.15) is 12.5 Å². The molecule has 2 amide bonds. The summed E-state index contributed by atoms with van der Waals surface area (Å²) in [5.41, 5.74) is 3.79. The minimum absolute atomic E-state index is 0.0807. The number of hydrogen-bond donors (Lipinski definition) is 1. The highest BCUT2D eigenvalue weighted by molar-refractivity contribution is 5.94. The number of anilines is 3. The lowest BCUT2D eigenvalue weighted by Gasteiger charge is -2.22. The van der Waals surface area contributed by atoms with Crippen molar-refractivity contribution < 1.29 is 13.9 Å². The number of oxazole rings is 1. The highest BCUT2D eigenvalue weighted by Crippen LogP contribution is 2.32. The molecule has 2 heterocycles. The summed E-state index contributed by atoms with van der Waals surface area (Å²) in [5, 5.41) is 2.82. The molecule has 1 saturated heterocycles. The van der Waals surface area contributed by atoms with E-state index in [1.165, 1.54) is 0 Å². The van der Waals surface area contributed by atoms with Crippen LogP contribution in [0.25, 0.3) is 11.3 Å². The lowest BCUT2D eigenvalue weighted by Crippen LogP contribution is -2.27. The topological polar surface area (TPSA) is 70.8 Å². The zero-order chi connectivity index (χ0) is 20.2. The minimum atomic E-state index is -0.0807. The number of aromatic nitrogens is 1. The molecule has 1 N–H and O–H groups in total. The predicted octanol–water partition coefficient (Wildman–Crippen LogP) is 4.31. The molecular weight excluding hydrogens is 368 g/mol. The van der Waals surface area contributed by atoms with Crippen LogP contribution < -0.4 is 15.1 Å². The number of rotatable bonds is 7. The van der Waals surface area contributed by atoms with Crippen LogP contribution in [-0.4, -0.2) is 37.4 Å². The van der Waals surface area contributed by atoms with E-state index in [-0.39, 0.29) is 6.03 Å². The second-order valence-electron chi connectivity index (χ2n) is 6.78. The van der Waals surface area contributed by atoms with Gasteiger partial charge >= 0.3 is 12.0 Å². The van der Waals surface area contributed by atoms with E-state index in [0.29, 0.717) is 38.2 Å². The Morgan fingerprint density at radius 3 is 2.86 bits per heavy atom. The summed E-state index contributed by atoms with van der Waals surface area (Å²) < 4.78 is 11.7. The molecule has 0 atom stereocenters. The van der Waals surface area contributed by atoms with Crippen LogP contribution in [0.5, 0.6) is 0 Å². The molecule has 7 heteroatoms. The average molecular weight is 392 g/mol. The predicted molar refractivity (Wildman–Crippen MR) is 112 cm³/mol. The molecule has 150 valence electrons. The van der Waals surface area contributed by atoms with Crippen LogP contribution in [0.15, 0.2) is 59.1 Å². The molecule has 29 heavy (non-hydrogen) atoms. The summed E-state index contributed by atoms with van der Waals surface area (Å²) in [5.74, 6) is 0.636. The Morgan fingerprint density at radius 1 is 1.24 bits per heavy atom. The van der Waals surface area contributed by atoms with Crippen LogP contribution >= 0.6 is 0 Å². The number of amides is 2. The smallest absolute Gasteiger partial charge is 0.321 e. The normalized spacial score (nSPS) is 13.6. The number of nitrogens with zero attached hydrogens (tertiary/aromatic N) is 3. The van der Waals surface area contributed by atoms with Crippen LogP contribution in [0.3, 0.4) is 0 Å². The molecule has 1 aliphatic heterocycles. The third-order valence-corrected chi connectivity index (χ3v) is 4.85. The standard InChI is InChI=1S/C22H24N4O3/c1-3-28-15-26(19-10-5-4-7-16(19)2)22-24-14-20(29-22)17-8-6-9-18(13-17)25-12-11-23-21(25)27/h4-10,13-14H,3,11-12,15H2,1-2H3,(H,23,27). The molecule has 7 nitrogen and oxygen atoms in total. The van der Waals surface area contributed by atoms with Crippen LogP contribution in [0.2, 0.25) is 0 Å². The second kappa shape index (κ2) is 8.36. The number of ether oxygens (including phenoxy) is 1. The van der Waals surface area contributed by atoms with Crippen molar-refractivity contribution in [3.05, 3.63) is 60.3 Å². The second-order valence-corrected chi connectivity index (χ2v) is 6.78. The molecule has 2 aromatic carbocycles. The van der Waals surface area contributed by atoms with E-state index in [1.807, 2.05) is 67.3 Å². The minimum Gasteiger partial charge on any atom is -0.423 e. The molecule has 0 saturated carbocycles. The first-order chi connectivity index (χ1) is 14.2. The van der Waals surface area contributed by atoms with Gasteiger partial charge in [0.2, 0.25) is 0 Å². The zero-order valence-electron chi connectivity index (χ0n) is 16.6. The van der Waals surface area contributed by atoms with Crippen molar-refractivity contribution in [2.24, 2.45) is 0 Å². The van der Waals surface area contributed by atoms with E-state index in [1.54, 1.807) is 11.1 Å². The van der Waals surface area contributed by atoms with E-state index in [4.69, 9.17) is 9.15 Å². The first kappa shape index (κ1) is 19.0. The number of benzene rings is 2. The van der Waals surface area contributed by atoms with E-state index < -0.39 is 0 Å². The summed E-state index contributed by atoms with van der Waals surface area (Å²) in [6.45, 7) is 6.24. The summed E-state index contributed by atoms with van der Waals surface area (Å²) in [7, 11) is 0. The van der Waals surface area contributed by atoms with Crippen LogP contribution in [0, 0.1) is 6.92 Å². The molecule has 0 spiro atoms. The number of carbonyl (C=O) groups excluding carboxylic acids is 1. The van der Waals surface area contributed by atoms with E-state index in [2.05, 4.69) is 10.3 Å². The Hall–Kier alpha value is -3.32. The van der Waals surface area contributed by atoms with Crippen molar-refractivity contribution in [3.8, 4) is 11.3 Å². The van der Waals surface area contributed by atoms with E-state index in [0.717, 1.165) is 22.5 Å². The van der Waals surface area contributed by atoms with Gasteiger partial charge in [0, 0.05) is 30.9 Å². The number of carbonyl (C=O) groups is 1. The quantitative estimate of drug-likeness (QED) is 0.607. The Bertz CT molecular complexity index is 1000. The van der Waals surface area contributed by atoms with Gasteiger partial charge < -0.3 is 14.5 Å². The molecule has 0 unspecified atom stereocenters. The fourth-order valence-electron chi connectivity index (χ4n) is 3.34. The third kappa shape index (κ3) is 3.95. The van der Waals surface area contributed by atoms with E-state index >= 15 is 0 Å². The third-order valence-electron chi connectivity index (χ3n) is 4.85. The first-order valence-electron chi connectivity index (χ1n) is 9.70. The van der Waals surface area contributed by atoms with Crippen molar-refractivity contribution in [1.82, 2.24) is 10.3 Å². The molecule has 0 aliphatic carbocycles. The number of aryl methyl sites for hydroxylation is 1. The molecule has 1 aliphatic rings. The maximum absolute atomic E-state index is 12.0. The summed E-state index contributed by atoms with van der Waals surface area (Å²) in [6.07, 6.45) is 1.70. The molecule has 3 aromatic rings. The van der Waals surface area contributed by atoms with Crippen molar-refractivity contribution in [3.63, 3.8) is 0 Å². The Morgan fingerprint density at radius 2 is 2.10 bits per heavy atom. The van der Waals surface area contributed by atoms with Gasteiger partial charge in [0.15, 0.2) is 5.76 Å². The van der Waals surface area contributed by atoms with Gasteiger partial charge in [-0.25, -0.2) is 9.78 Å². The van der Waals surface area contributed by atoms with Crippen molar-refractivity contribution in [1.29, 1.82) is 0 Å². The van der Waals surface area contributed by atoms with Gasteiger partial charge in [-0.1, -0.05) is 30.3 Å².